The van der Waals surface area contributed by atoms with Gasteiger partial charge < -0.3 is 5.11 Å². The molecule has 0 saturated heterocycles. The highest BCUT2D eigenvalue weighted by Gasteiger charge is 2.18. The number of carboxylic acid groups (broad SMARTS) is 1. The van der Waals surface area contributed by atoms with E-state index in [2.05, 4.69) is 18.9 Å². The molecule has 4 nitrogen and oxygen atoms in total. The molecule has 1 aromatic heterocycles. The predicted molar refractivity (Wildman–Crippen MR) is 75.2 cm³/mol. The first-order chi connectivity index (χ1) is 9.01. The van der Waals surface area contributed by atoms with Crippen molar-refractivity contribution in [3.8, 4) is 0 Å². The van der Waals surface area contributed by atoms with Gasteiger partial charge in [0, 0.05) is 18.1 Å². The van der Waals surface area contributed by atoms with E-state index in [-0.39, 0.29) is 0 Å². The van der Waals surface area contributed by atoms with Gasteiger partial charge in [-0.05, 0) is 30.0 Å². The summed E-state index contributed by atoms with van der Waals surface area (Å²) in [6.07, 6.45) is 2.59. The van der Waals surface area contributed by atoms with Crippen LogP contribution in [0.1, 0.15) is 38.7 Å². The number of benzene rings is 1. The third-order valence-electron chi connectivity index (χ3n) is 3.24. The molecule has 102 valence electrons. The Hall–Kier alpha value is -1.84. The Morgan fingerprint density at radius 1 is 1.42 bits per heavy atom. The molecule has 1 N–H and O–H groups in total. The van der Waals surface area contributed by atoms with Gasteiger partial charge in [-0.15, -0.1) is 0 Å². The topological polar surface area (TPSA) is 55.1 Å². The van der Waals surface area contributed by atoms with Crippen LogP contribution in [0.2, 0.25) is 0 Å². The second-order valence-corrected chi connectivity index (χ2v) is 5.36. The summed E-state index contributed by atoms with van der Waals surface area (Å²) >= 11 is 0. The van der Waals surface area contributed by atoms with Crippen LogP contribution in [0.4, 0.5) is 0 Å². The minimum absolute atomic E-state index is 0.433. The second kappa shape index (κ2) is 5.43. The summed E-state index contributed by atoms with van der Waals surface area (Å²) in [5, 5.41) is 14.7. The number of carboxylic acids is 1. The van der Waals surface area contributed by atoms with Crippen LogP contribution in [0.25, 0.3) is 10.9 Å². The van der Waals surface area contributed by atoms with Crippen molar-refractivity contribution >= 4 is 16.9 Å². The standard InChI is InChI=1S/C15H20N2O2/c1-4-13(15(18)19)11-5-6-14-12(7-11)9-17(16-14)8-10(2)3/h5-7,9-10,13H,4,8H2,1-3H3,(H,18,19). The lowest BCUT2D eigenvalue weighted by atomic mass is 9.96. The molecule has 0 bridgehead atoms. The number of nitrogens with zero attached hydrogens (tertiary/aromatic N) is 2. The van der Waals surface area contributed by atoms with Crippen molar-refractivity contribution in [1.29, 1.82) is 0 Å². The molecule has 1 unspecified atom stereocenters. The van der Waals surface area contributed by atoms with Crippen LogP contribution in [0.15, 0.2) is 24.4 Å². The summed E-state index contributed by atoms with van der Waals surface area (Å²) in [7, 11) is 0. The van der Waals surface area contributed by atoms with Gasteiger partial charge in [-0.3, -0.25) is 9.48 Å². The molecule has 1 aromatic carbocycles. The monoisotopic (exact) mass is 260 g/mol. The molecule has 0 aliphatic rings. The minimum atomic E-state index is -0.767. The van der Waals surface area contributed by atoms with Gasteiger partial charge in [-0.1, -0.05) is 26.8 Å². The van der Waals surface area contributed by atoms with Gasteiger partial charge >= 0.3 is 5.97 Å². The summed E-state index contributed by atoms with van der Waals surface area (Å²) in [6, 6.07) is 5.73. The summed E-state index contributed by atoms with van der Waals surface area (Å²) in [5.74, 6) is -0.662. The molecular weight excluding hydrogens is 240 g/mol. The van der Waals surface area contributed by atoms with Crippen LogP contribution >= 0.6 is 0 Å². The molecule has 1 atom stereocenters. The molecule has 2 rings (SSSR count). The van der Waals surface area contributed by atoms with E-state index in [4.69, 9.17) is 0 Å². The number of hydrogen-bond donors (Lipinski definition) is 1. The van der Waals surface area contributed by atoms with Crippen LogP contribution in [-0.4, -0.2) is 20.9 Å². The maximum absolute atomic E-state index is 11.2. The van der Waals surface area contributed by atoms with E-state index in [1.807, 2.05) is 36.0 Å². The molecule has 0 spiro atoms. The lowest BCUT2D eigenvalue weighted by Gasteiger charge is -2.09. The molecule has 0 aliphatic carbocycles. The van der Waals surface area contributed by atoms with Crippen molar-refractivity contribution in [2.45, 2.75) is 39.7 Å². The predicted octanol–water partition coefficient (Wildman–Crippen LogP) is 3.27. The molecule has 0 fully saturated rings. The van der Waals surface area contributed by atoms with Crippen LogP contribution in [0.5, 0.6) is 0 Å². The first-order valence-electron chi connectivity index (χ1n) is 6.71. The largest absolute Gasteiger partial charge is 0.481 e. The number of rotatable bonds is 5. The summed E-state index contributed by atoms with van der Waals surface area (Å²) < 4.78 is 1.93. The zero-order chi connectivity index (χ0) is 14.0. The number of aliphatic carboxylic acids is 1. The van der Waals surface area contributed by atoms with Gasteiger partial charge in [0.25, 0.3) is 0 Å². The van der Waals surface area contributed by atoms with Crippen molar-refractivity contribution in [2.24, 2.45) is 5.92 Å². The van der Waals surface area contributed by atoms with E-state index >= 15 is 0 Å². The molecule has 0 aliphatic heterocycles. The van der Waals surface area contributed by atoms with Gasteiger partial charge in [-0.25, -0.2) is 0 Å². The van der Waals surface area contributed by atoms with E-state index in [9.17, 15) is 9.90 Å². The quantitative estimate of drug-likeness (QED) is 0.897. The van der Waals surface area contributed by atoms with Gasteiger partial charge in [-0.2, -0.15) is 5.10 Å². The lowest BCUT2D eigenvalue weighted by molar-refractivity contribution is -0.138. The Kier molecular flexibility index (Phi) is 3.88. The van der Waals surface area contributed by atoms with Crippen LogP contribution in [-0.2, 0) is 11.3 Å². The fraction of sp³-hybridized carbons (Fsp3) is 0.467. The fourth-order valence-electron chi connectivity index (χ4n) is 2.33. The molecule has 0 amide bonds. The van der Waals surface area contributed by atoms with Crippen molar-refractivity contribution in [1.82, 2.24) is 9.78 Å². The lowest BCUT2D eigenvalue weighted by Crippen LogP contribution is -2.10. The fourth-order valence-corrected chi connectivity index (χ4v) is 2.33. The Morgan fingerprint density at radius 3 is 2.74 bits per heavy atom. The third-order valence-corrected chi connectivity index (χ3v) is 3.24. The highest BCUT2D eigenvalue weighted by atomic mass is 16.4. The van der Waals surface area contributed by atoms with Crippen LogP contribution in [0, 0.1) is 5.92 Å². The van der Waals surface area contributed by atoms with Crippen molar-refractivity contribution in [3.05, 3.63) is 30.0 Å². The zero-order valence-corrected chi connectivity index (χ0v) is 11.6. The van der Waals surface area contributed by atoms with E-state index in [1.54, 1.807) is 0 Å². The molecule has 2 aromatic rings. The van der Waals surface area contributed by atoms with Crippen LogP contribution in [0.3, 0.4) is 0 Å². The van der Waals surface area contributed by atoms with E-state index in [1.165, 1.54) is 0 Å². The number of carbonyl (C=O) groups is 1. The summed E-state index contributed by atoms with van der Waals surface area (Å²) in [5.41, 5.74) is 1.77. The van der Waals surface area contributed by atoms with Crippen molar-refractivity contribution in [2.75, 3.05) is 0 Å². The Morgan fingerprint density at radius 2 is 2.16 bits per heavy atom. The van der Waals surface area contributed by atoms with Crippen LogP contribution < -0.4 is 0 Å². The highest BCUT2D eigenvalue weighted by Crippen LogP contribution is 2.24. The second-order valence-electron chi connectivity index (χ2n) is 5.36. The van der Waals surface area contributed by atoms with E-state index in [0.717, 1.165) is 23.0 Å². The van der Waals surface area contributed by atoms with Gasteiger partial charge in [0.15, 0.2) is 0 Å². The molecule has 4 heteroatoms. The minimum Gasteiger partial charge on any atom is -0.481 e. The first kappa shape index (κ1) is 13.6. The Labute approximate surface area is 113 Å². The van der Waals surface area contributed by atoms with E-state index < -0.39 is 11.9 Å². The van der Waals surface area contributed by atoms with Crippen molar-refractivity contribution in [3.63, 3.8) is 0 Å². The normalized spacial score (nSPS) is 13.1. The average Bonchev–Trinajstić information content (AvgIpc) is 2.69. The molecular formula is C15H20N2O2. The summed E-state index contributed by atoms with van der Waals surface area (Å²) in [4.78, 5) is 11.2. The smallest absolute Gasteiger partial charge is 0.310 e. The maximum atomic E-state index is 11.2. The number of fused-ring (bicyclic) bond motifs is 1. The zero-order valence-electron chi connectivity index (χ0n) is 11.6. The SMILES string of the molecule is CCC(C(=O)O)c1ccc2nn(CC(C)C)cc2c1. The Bertz CT molecular complexity index is 587. The summed E-state index contributed by atoms with van der Waals surface area (Å²) in [6.45, 7) is 7.07. The van der Waals surface area contributed by atoms with Gasteiger partial charge in [0.2, 0.25) is 0 Å². The average molecular weight is 260 g/mol. The molecule has 19 heavy (non-hydrogen) atoms. The van der Waals surface area contributed by atoms with Gasteiger partial charge in [0.05, 0.1) is 11.4 Å². The molecule has 0 radical (unpaired) electrons. The van der Waals surface area contributed by atoms with Gasteiger partial charge in [0.1, 0.15) is 0 Å². The molecule has 0 saturated carbocycles. The molecule has 1 heterocycles. The Balaban J connectivity index is 2.37. The third kappa shape index (κ3) is 2.95. The number of aromatic nitrogens is 2. The highest BCUT2D eigenvalue weighted by molar-refractivity contribution is 5.82. The maximum Gasteiger partial charge on any atom is 0.310 e. The first-order valence-corrected chi connectivity index (χ1v) is 6.71. The number of hydrogen-bond acceptors (Lipinski definition) is 2. The van der Waals surface area contributed by atoms with E-state index in [0.29, 0.717) is 12.3 Å². The van der Waals surface area contributed by atoms with Crippen molar-refractivity contribution < 1.29 is 9.90 Å².